The highest BCUT2D eigenvalue weighted by Gasteiger charge is 2.13. The zero-order valence-electron chi connectivity index (χ0n) is 14.1. The predicted octanol–water partition coefficient (Wildman–Crippen LogP) is 3.25. The van der Waals surface area contributed by atoms with E-state index < -0.39 is 0 Å². The minimum Gasteiger partial charge on any atom is -0.508 e. The number of aromatic hydroxyl groups is 1. The third-order valence-electron chi connectivity index (χ3n) is 3.82. The van der Waals surface area contributed by atoms with Crippen LogP contribution in [0.5, 0.6) is 5.75 Å². The molecule has 0 aliphatic rings. The number of anilines is 1. The van der Waals surface area contributed by atoms with Gasteiger partial charge in [-0.2, -0.15) is 5.10 Å². The summed E-state index contributed by atoms with van der Waals surface area (Å²) in [5.41, 5.74) is 2.23. The van der Waals surface area contributed by atoms with E-state index in [9.17, 15) is 9.90 Å². The van der Waals surface area contributed by atoms with Gasteiger partial charge >= 0.3 is 0 Å². The maximum atomic E-state index is 12.2. The third-order valence-corrected chi connectivity index (χ3v) is 4.83. The number of fused-ring (bicyclic) bond motifs is 1. The smallest absolute Gasteiger partial charge is 0.234 e. The van der Waals surface area contributed by atoms with Crippen LogP contribution in [0.15, 0.2) is 72.1 Å². The number of rotatable bonds is 5. The van der Waals surface area contributed by atoms with Gasteiger partial charge in [0.2, 0.25) is 5.91 Å². The van der Waals surface area contributed by atoms with Crippen LogP contribution in [0.4, 0.5) is 5.69 Å². The molecule has 2 heterocycles. The Morgan fingerprint density at radius 1 is 1.07 bits per heavy atom. The van der Waals surface area contributed by atoms with Gasteiger partial charge < -0.3 is 10.4 Å². The molecule has 4 aromatic rings. The second kappa shape index (κ2) is 7.46. The molecule has 0 radical (unpaired) electrons. The van der Waals surface area contributed by atoms with Crippen molar-refractivity contribution in [1.82, 2.24) is 19.7 Å². The van der Waals surface area contributed by atoms with E-state index in [1.54, 1.807) is 23.0 Å². The van der Waals surface area contributed by atoms with E-state index in [2.05, 4.69) is 20.4 Å². The van der Waals surface area contributed by atoms with E-state index in [1.165, 1.54) is 30.2 Å². The molecule has 0 saturated carbocycles. The number of nitrogens with one attached hydrogen (secondary N) is 1. The van der Waals surface area contributed by atoms with Crippen LogP contribution in [-0.4, -0.2) is 36.5 Å². The fourth-order valence-corrected chi connectivity index (χ4v) is 3.33. The van der Waals surface area contributed by atoms with Crippen LogP contribution in [0.25, 0.3) is 16.7 Å². The van der Waals surface area contributed by atoms with Gasteiger partial charge in [-0.05, 0) is 36.4 Å². The highest BCUT2D eigenvalue weighted by atomic mass is 32.2. The van der Waals surface area contributed by atoms with Crippen molar-refractivity contribution < 1.29 is 9.90 Å². The molecule has 8 heteroatoms. The lowest BCUT2D eigenvalue weighted by atomic mass is 10.3. The van der Waals surface area contributed by atoms with Crippen LogP contribution in [-0.2, 0) is 4.79 Å². The standard InChI is InChI=1S/C19H15N5O2S/c25-15-8-6-13(7-9-15)23-17(26)11-27-19-16-10-22-24(18(16)20-12-21-19)14-4-2-1-3-5-14/h1-10,12,25H,11H2,(H,23,26). The van der Waals surface area contributed by atoms with Gasteiger partial charge in [0, 0.05) is 5.69 Å². The summed E-state index contributed by atoms with van der Waals surface area (Å²) in [6, 6.07) is 16.1. The molecule has 2 aromatic heterocycles. The summed E-state index contributed by atoms with van der Waals surface area (Å²) in [6.45, 7) is 0. The zero-order valence-corrected chi connectivity index (χ0v) is 14.9. The molecular weight excluding hydrogens is 362 g/mol. The number of phenolic OH excluding ortho intramolecular Hbond substituents is 1. The molecule has 4 rings (SSSR count). The number of hydrogen-bond acceptors (Lipinski definition) is 6. The molecule has 0 unspecified atom stereocenters. The van der Waals surface area contributed by atoms with Gasteiger partial charge in [-0.25, -0.2) is 14.6 Å². The summed E-state index contributed by atoms with van der Waals surface area (Å²) in [7, 11) is 0. The van der Waals surface area contributed by atoms with Crippen LogP contribution in [0.2, 0.25) is 0 Å². The summed E-state index contributed by atoms with van der Waals surface area (Å²) >= 11 is 1.32. The molecule has 27 heavy (non-hydrogen) atoms. The molecule has 0 atom stereocenters. The maximum Gasteiger partial charge on any atom is 0.234 e. The van der Waals surface area contributed by atoms with E-state index in [4.69, 9.17) is 0 Å². The molecule has 134 valence electrons. The minimum atomic E-state index is -0.159. The second-order valence-corrected chi connectivity index (χ2v) is 6.66. The molecule has 0 fully saturated rings. The Hall–Kier alpha value is -3.39. The first-order chi connectivity index (χ1) is 13.2. The first-order valence-corrected chi connectivity index (χ1v) is 9.15. The lowest BCUT2D eigenvalue weighted by molar-refractivity contribution is -0.113. The number of aromatic nitrogens is 4. The maximum absolute atomic E-state index is 12.2. The molecule has 0 aliphatic heterocycles. The van der Waals surface area contributed by atoms with Gasteiger partial charge in [-0.3, -0.25) is 4.79 Å². The van der Waals surface area contributed by atoms with Crippen LogP contribution in [0.1, 0.15) is 0 Å². The molecule has 7 nitrogen and oxygen atoms in total. The molecule has 0 saturated heterocycles. The Morgan fingerprint density at radius 3 is 2.63 bits per heavy atom. The van der Waals surface area contributed by atoms with Crippen molar-refractivity contribution in [2.45, 2.75) is 5.03 Å². The number of carbonyl (C=O) groups excluding carboxylic acids is 1. The molecule has 2 aromatic carbocycles. The lowest BCUT2D eigenvalue weighted by Gasteiger charge is -2.06. The number of thioether (sulfide) groups is 1. The fraction of sp³-hybridized carbons (Fsp3) is 0.0526. The van der Waals surface area contributed by atoms with Gasteiger partial charge in [-0.15, -0.1) is 0 Å². The highest BCUT2D eigenvalue weighted by Crippen LogP contribution is 2.26. The van der Waals surface area contributed by atoms with Crippen LogP contribution in [0, 0.1) is 0 Å². The Labute approximate surface area is 159 Å². The van der Waals surface area contributed by atoms with E-state index in [-0.39, 0.29) is 17.4 Å². The number of para-hydroxylation sites is 1. The third kappa shape index (κ3) is 3.75. The van der Waals surface area contributed by atoms with Crippen molar-refractivity contribution >= 4 is 34.4 Å². The Morgan fingerprint density at radius 2 is 1.85 bits per heavy atom. The number of phenols is 1. The molecule has 2 N–H and O–H groups in total. The van der Waals surface area contributed by atoms with E-state index in [0.29, 0.717) is 16.4 Å². The fourth-order valence-electron chi connectivity index (χ4n) is 2.57. The van der Waals surface area contributed by atoms with Crippen LogP contribution < -0.4 is 5.32 Å². The molecule has 0 aliphatic carbocycles. The SMILES string of the molecule is O=C(CSc1ncnc2c1cnn2-c1ccccc1)Nc1ccc(O)cc1. The largest absolute Gasteiger partial charge is 0.508 e. The summed E-state index contributed by atoms with van der Waals surface area (Å²) in [4.78, 5) is 20.8. The monoisotopic (exact) mass is 377 g/mol. The molecule has 0 bridgehead atoms. The van der Waals surface area contributed by atoms with Crippen LogP contribution >= 0.6 is 11.8 Å². The lowest BCUT2D eigenvalue weighted by Crippen LogP contribution is -2.14. The summed E-state index contributed by atoms with van der Waals surface area (Å²) in [5.74, 6) is 0.192. The first kappa shape index (κ1) is 17.0. The van der Waals surface area contributed by atoms with Crippen LogP contribution in [0.3, 0.4) is 0 Å². The minimum absolute atomic E-state index is 0.154. The molecule has 1 amide bonds. The van der Waals surface area contributed by atoms with Gasteiger partial charge in [0.25, 0.3) is 0 Å². The van der Waals surface area contributed by atoms with Crippen molar-refractivity contribution in [3.8, 4) is 11.4 Å². The Balaban J connectivity index is 1.50. The van der Waals surface area contributed by atoms with Crippen molar-refractivity contribution in [3.05, 3.63) is 67.1 Å². The highest BCUT2D eigenvalue weighted by molar-refractivity contribution is 8.00. The number of hydrogen-bond donors (Lipinski definition) is 2. The normalized spacial score (nSPS) is 10.8. The Bertz CT molecular complexity index is 1080. The van der Waals surface area contributed by atoms with E-state index in [1.807, 2.05) is 30.3 Å². The predicted molar refractivity (Wildman–Crippen MR) is 104 cm³/mol. The van der Waals surface area contributed by atoms with E-state index >= 15 is 0 Å². The molecular formula is C19H15N5O2S. The van der Waals surface area contributed by atoms with Gasteiger partial charge in [-0.1, -0.05) is 30.0 Å². The number of benzene rings is 2. The summed E-state index contributed by atoms with van der Waals surface area (Å²) < 4.78 is 1.75. The van der Waals surface area contributed by atoms with Crippen molar-refractivity contribution in [3.63, 3.8) is 0 Å². The van der Waals surface area contributed by atoms with Crippen molar-refractivity contribution in [2.75, 3.05) is 11.1 Å². The summed E-state index contributed by atoms with van der Waals surface area (Å²) in [5, 5.41) is 18.0. The topological polar surface area (TPSA) is 92.9 Å². The number of amides is 1. The average molecular weight is 377 g/mol. The quantitative estimate of drug-likeness (QED) is 0.315. The van der Waals surface area contributed by atoms with Gasteiger partial charge in [0.05, 0.1) is 23.0 Å². The number of nitrogens with zero attached hydrogens (tertiary/aromatic N) is 4. The van der Waals surface area contributed by atoms with Crippen molar-refractivity contribution in [2.24, 2.45) is 0 Å². The number of carbonyl (C=O) groups is 1. The average Bonchev–Trinajstić information content (AvgIpc) is 3.13. The van der Waals surface area contributed by atoms with Gasteiger partial charge in [0.1, 0.15) is 17.1 Å². The van der Waals surface area contributed by atoms with Crippen molar-refractivity contribution in [1.29, 1.82) is 0 Å². The molecule has 0 spiro atoms. The van der Waals surface area contributed by atoms with Gasteiger partial charge in [0.15, 0.2) is 5.65 Å². The Kier molecular flexibility index (Phi) is 4.71. The van der Waals surface area contributed by atoms with E-state index in [0.717, 1.165) is 11.1 Å². The summed E-state index contributed by atoms with van der Waals surface area (Å²) in [6.07, 6.45) is 3.19. The second-order valence-electron chi connectivity index (χ2n) is 5.69. The first-order valence-electron chi connectivity index (χ1n) is 8.16. The zero-order chi connectivity index (χ0) is 18.6.